The van der Waals surface area contributed by atoms with Crippen molar-refractivity contribution >= 4 is 27.3 Å². The first-order valence-electron chi connectivity index (χ1n) is 6.85. The fourth-order valence-electron chi connectivity index (χ4n) is 2.10. The van der Waals surface area contributed by atoms with Crippen molar-refractivity contribution in [2.45, 2.75) is 24.3 Å². The average Bonchev–Trinajstić information content (AvgIpc) is 2.53. The van der Waals surface area contributed by atoms with Crippen molar-refractivity contribution in [3.05, 3.63) is 69.2 Å². The minimum Gasteiger partial charge on any atom is -0.258 e. The lowest BCUT2D eigenvalue weighted by Gasteiger charge is -2.17. The highest BCUT2D eigenvalue weighted by Crippen LogP contribution is 2.23. The summed E-state index contributed by atoms with van der Waals surface area (Å²) in [5.41, 5.74) is 0.498. The summed E-state index contributed by atoms with van der Waals surface area (Å²) in [4.78, 5) is 10.0. The van der Waals surface area contributed by atoms with Gasteiger partial charge in [0.15, 0.2) is 0 Å². The minimum absolute atomic E-state index is 0.140. The maximum Gasteiger partial charge on any atom is 0.270 e. The van der Waals surface area contributed by atoms with Crippen LogP contribution in [0.4, 0.5) is 5.69 Å². The van der Waals surface area contributed by atoms with E-state index in [9.17, 15) is 18.5 Å². The number of sulfonamides is 1. The van der Waals surface area contributed by atoms with Crippen LogP contribution in [0.3, 0.4) is 0 Å². The Balaban J connectivity index is 2.30. The Kier molecular flexibility index (Phi) is 5.35. The number of hydrogen-bond acceptors (Lipinski definition) is 4. The molecule has 0 amide bonds. The number of hydrogen-bond donors (Lipinski definition) is 1. The van der Waals surface area contributed by atoms with Crippen LogP contribution in [0, 0.1) is 10.1 Å². The second kappa shape index (κ2) is 7.08. The molecule has 1 unspecified atom stereocenters. The van der Waals surface area contributed by atoms with Gasteiger partial charge in [-0.2, -0.15) is 0 Å². The number of benzene rings is 2. The summed E-state index contributed by atoms with van der Waals surface area (Å²) in [7, 11) is -3.87. The smallest absolute Gasteiger partial charge is 0.258 e. The van der Waals surface area contributed by atoms with E-state index in [0.29, 0.717) is 11.4 Å². The molecule has 0 aliphatic carbocycles. The topological polar surface area (TPSA) is 89.3 Å². The molecule has 0 aliphatic rings. The van der Waals surface area contributed by atoms with Crippen LogP contribution >= 0.6 is 11.6 Å². The van der Waals surface area contributed by atoms with Crippen LogP contribution in [0.2, 0.25) is 5.02 Å². The van der Waals surface area contributed by atoms with E-state index in [1.807, 2.05) is 6.92 Å². The van der Waals surface area contributed by atoms with E-state index < -0.39 is 21.0 Å². The maximum absolute atomic E-state index is 12.5. The molecule has 1 N–H and O–H groups in total. The van der Waals surface area contributed by atoms with Crippen molar-refractivity contribution < 1.29 is 13.3 Å². The highest BCUT2D eigenvalue weighted by Gasteiger charge is 2.22. The summed E-state index contributed by atoms with van der Waals surface area (Å²) in [5, 5.41) is 11.4. The highest BCUT2D eigenvalue weighted by molar-refractivity contribution is 7.89. The molecule has 8 heteroatoms. The van der Waals surface area contributed by atoms with Crippen LogP contribution in [0.1, 0.15) is 24.9 Å². The monoisotopic (exact) mass is 354 g/mol. The molecule has 0 spiro atoms. The third-order valence-electron chi connectivity index (χ3n) is 3.32. The van der Waals surface area contributed by atoms with Crippen LogP contribution in [-0.2, 0) is 10.0 Å². The van der Waals surface area contributed by atoms with Crippen LogP contribution in [0.15, 0.2) is 53.4 Å². The summed E-state index contributed by atoms with van der Waals surface area (Å²) in [6.07, 6.45) is 0.524. The number of non-ortho nitro benzene ring substituents is 1. The summed E-state index contributed by atoms with van der Waals surface area (Å²) >= 11 is 5.83. The Morgan fingerprint density at radius 3 is 2.43 bits per heavy atom. The molecule has 1 atom stereocenters. The molecule has 0 radical (unpaired) electrons. The molecule has 2 aromatic carbocycles. The molecule has 23 heavy (non-hydrogen) atoms. The standard InChI is InChI=1S/C15H15ClN2O4S/c1-2-15(11-6-8-12(16)9-7-11)17-23(21,22)14-5-3-4-13(10-14)18(19)20/h3-10,15,17H,2H2,1H3. The van der Waals surface area contributed by atoms with Gasteiger partial charge in [0.05, 0.1) is 9.82 Å². The molecule has 0 bridgehead atoms. The molecule has 122 valence electrons. The number of nitro groups is 1. The van der Waals surface area contributed by atoms with Crippen LogP contribution in [-0.4, -0.2) is 13.3 Å². The van der Waals surface area contributed by atoms with Gasteiger partial charge in [0.2, 0.25) is 10.0 Å². The van der Waals surface area contributed by atoms with E-state index in [1.165, 1.54) is 18.2 Å². The second-order valence-electron chi connectivity index (χ2n) is 4.89. The first-order chi connectivity index (χ1) is 10.8. The molecule has 2 aromatic rings. The average molecular weight is 355 g/mol. The Morgan fingerprint density at radius 2 is 1.87 bits per heavy atom. The Labute approximate surface area is 139 Å². The zero-order chi connectivity index (χ0) is 17.0. The molecule has 0 fully saturated rings. The van der Waals surface area contributed by atoms with Crippen molar-refractivity contribution in [2.24, 2.45) is 0 Å². The van der Waals surface area contributed by atoms with E-state index in [0.717, 1.165) is 11.6 Å². The zero-order valence-electron chi connectivity index (χ0n) is 12.3. The van der Waals surface area contributed by atoms with Gasteiger partial charge in [-0.3, -0.25) is 10.1 Å². The van der Waals surface area contributed by atoms with Gasteiger partial charge in [-0.1, -0.05) is 36.7 Å². The molecule has 2 rings (SSSR count). The van der Waals surface area contributed by atoms with Crippen LogP contribution in [0.5, 0.6) is 0 Å². The molecular weight excluding hydrogens is 340 g/mol. The maximum atomic E-state index is 12.5. The van der Waals surface area contributed by atoms with Gasteiger partial charge in [-0.25, -0.2) is 13.1 Å². The number of nitrogens with one attached hydrogen (secondary N) is 1. The SMILES string of the molecule is CCC(NS(=O)(=O)c1cccc([N+](=O)[O-])c1)c1ccc(Cl)cc1. The van der Waals surface area contributed by atoms with Crippen LogP contribution in [0.25, 0.3) is 0 Å². The summed E-state index contributed by atoms with van der Waals surface area (Å²) in [6.45, 7) is 1.84. The highest BCUT2D eigenvalue weighted by atomic mass is 35.5. The zero-order valence-corrected chi connectivity index (χ0v) is 13.8. The first-order valence-corrected chi connectivity index (χ1v) is 8.72. The quantitative estimate of drug-likeness (QED) is 0.633. The fourth-order valence-corrected chi connectivity index (χ4v) is 3.57. The largest absolute Gasteiger partial charge is 0.270 e. The predicted molar refractivity (Wildman–Crippen MR) is 87.9 cm³/mol. The van der Waals surface area contributed by atoms with Gasteiger partial charge in [0.1, 0.15) is 0 Å². The predicted octanol–water partition coefficient (Wildman–Crippen LogP) is 3.68. The third-order valence-corrected chi connectivity index (χ3v) is 5.04. The van der Waals surface area contributed by atoms with Crippen molar-refractivity contribution in [1.82, 2.24) is 4.72 Å². The number of halogens is 1. The molecule has 0 aromatic heterocycles. The number of nitro benzene ring substituents is 1. The first kappa shape index (κ1) is 17.4. The van der Waals surface area contributed by atoms with Crippen molar-refractivity contribution in [3.8, 4) is 0 Å². The van der Waals surface area contributed by atoms with Crippen molar-refractivity contribution in [1.29, 1.82) is 0 Å². The molecule has 6 nitrogen and oxygen atoms in total. The van der Waals surface area contributed by atoms with E-state index in [-0.39, 0.29) is 10.6 Å². The third kappa shape index (κ3) is 4.28. The Morgan fingerprint density at radius 1 is 1.22 bits per heavy atom. The van der Waals surface area contributed by atoms with Gasteiger partial charge in [0, 0.05) is 23.2 Å². The normalized spacial score (nSPS) is 12.8. The number of nitrogens with zero attached hydrogens (tertiary/aromatic N) is 1. The Hall–Kier alpha value is -1.96. The lowest BCUT2D eigenvalue weighted by atomic mass is 10.1. The molecule has 0 aliphatic heterocycles. The van der Waals surface area contributed by atoms with Gasteiger partial charge in [-0.05, 0) is 30.2 Å². The minimum atomic E-state index is -3.87. The fraction of sp³-hybridized carbons (Fsp3) is 0.200. The van der Waals surface area contributed by atoms with E-state index in [2.05, 4.69) is 4.72 Å². The van der Waals surface area contributed by atoms with Gasteiger partial charge >= 0.3 is 0 Å². The molecular formula is C15H15ClN2O4S. The molecule has 0 saturated heterocycles. The van der Waals surface area contributed by atoms with Crippen molar-refractivity contribution in [3.63, 3.8) is 0 Å². The van der Waals surface area contributed by atoms with Crippen molar-refractivity contribution in [2.75, 3.05) is 0 Å². The van der Waals surface area contributed by atoms with Gasteiger partial charge in [0.25, 0.3) is 5.69 Å². The van der Waals surface area contributed by atoms with E-state index in [1.54, 1.807) is 24.3 Å². The summed E-state index contributed by atoms with van der Waals surface area (Å²) in [6, 6.07) is 11.4. The lowest BCUT2D eigenvalue weighted by molar-refractivity contribution is -0.385. The van der Waals surface area contributed by atoms with Gasteiger partial charge < -0.3 is 0 Å². The van der Waals surface area contributed by atoms with Gasteiger partial charge in [-0.15, -0.1) is 0 Å². The summed E-state index contributed by atoms with van der Waals surface area (Å²) < 4.78 is 27.5. The summed E-state index contributed by atoms with van der Waals surface area (Å²) in [5.74, 6) is 0. The molecule has 0 saturated carbocycles. The second-order valence-corrected chi connectivity index (χ2v) is 7.04. The lowest BCUT2D eigenvalue weighted by Crippen LogP contribution is -2.28. The van der Waals surface area contributed by atoms with Crippen LogP contribution < -0.4 is 4.72 Å². The van der Waals surface area contributed by atoms with E-state index in [4.69, 9.17) is 11.6 Å². The molecule has 0 heterocycles. The number of rotatable bonds is 6. The van der Waals surface area contributed by atoms with E-state index >= 15 is 0 Å². The Bertz CT molecular complexity index is 806.